The quantitative estimate of drug-likeness (QED) is 0.927. The molecule has 1 aliphatic rings. The lowest BCUT2D eigenvalue weighted by molar-refractivity contribution is 0.288. The lowest BCUT2D eigenvalue weighted by Crippen LogP contribution is -2.31. The third kappa shape index (κ3) is 3.66. The molecule has 0 saturated carbocycles. The zero-order valence-corrected chi connectivity index (χ0v) is 13.6. The maximum Gasteiger partial charge on any atom is 0.225 e. The van der Waals surface area contributed by atoms with Crippen LogP contribution in [0.1, 0.15) is 11.3 Å². The Morgan fingerprint density at radius 2 is 2.18 bits per heavy atom. The van der Waals surface area contributed by atoms with Gasteiger partial charge in [0.15, 0.2) is 0 Å². The second-order valence-electron chi connectivity index (χ2n) is 5.32. The molecule has 118 valence electrons. The van der Waals surface area contributed by atoms with Gasteiger partial charge in [-0.15, -0.1) is 11.3 Å². The summed E-state index contributed by atoms with van der Waals surface area (Å²) >= 11 is 1.82. The molecule has 0 spiro atoms. The molecular formula is C15H21N5OS. The Labute approximate surface area is 134 Å². The topological polar surface area (TPSA) is 67.5 Å². The summed E-state index contributed by atoms with van der Waals surface area (Å²) in [6.07, 6.45) is 1.11. The van der Waals surface area contributed by atoms with E-state index < -0.39 is 0 Å². The van der Waals surface area contributed by atoms with E-state index in [9.17, 15) is 0 Å². The van der Waals surface area contributed by atoms with Gasteiger partial charge in [-0.25, -0.2) is 0 Å². The fourth-order valence-electron chi connectivity index (χ4n) is 2.68. The second-order valence-corrected chi connectivity index (χ2v) is 6.36. The predicted octanol–water partition coefficient (Wildman–Crippen LogP) is 1.84. The molecule has 2 aromatic heterocycles. The molecule has 22 heavy (non-hydrogen) atoms. The van der Waals surface area contributed by atoms with Gasteiger partial charge in [0.05, 0.1) is 7.11 Å². The van der Waals surface area contributed by atoms with Crippen LogP contribution in [0, 0.1) is 0 Å². The minimum Gasteiger partial charge on any atom is -0.481 e. The highest BCUT2D eigenvalue weighted by atomic mass is 32.1. The number of rotatable bonds is 4. The van der Waals surface area contributed by atoms with Gasteiger partial charge in [-0.3, -0.25) is 4.90 Å². The van der Waals surface area contributed by atoms with E-state index in [1.54, 1.807) is 7.11 Å². The second kappa shape index (κ2) is 6.93. The number of ether oxygens (including phenoxy) is 1. The number of nitrogens with zero attached hydrogens (tertiary/aromatic N) is 4. The summed E-state index contributed by atoms with van der Waals surface area (Å²) in [5, 5.41) is 2.13. The van der Waals surface area contributed by atoms with Gasteiger partial charge in [-0.1, -0.05) is 6.07 Å². The van der Waals surface area contributed by atoms with Gasteiger partial charge >= 0.3 is 0 Å². The van der Waals surface area contributed by atoms with E-state index >= 15 is 0 Å². The van der Waals surface area contributed by atoms with Crippen LogP contribution in [0.15, 0.2) is 23.6 Å². The molecule has 0 unspecified atom stereocenters. The van der Waals surface area contributed by atoms with Crippen LogP contribution >= 0.6 is 11.3 Å². The van der Waals surface area contributed by atoms with Crippen molar-refractivity contribution >= 4 is 23.1 Å². The van der Waals surface area contributed by atoms with Crippen molar-refractivity contribution in [3.05, 3.63) is 28.5 Å². The summed E-state index contributed by atoms with van der Waals surface area (Å²) in [7, 11) is 1.59. The minimum absolute atomic E-state index is 0.258. The standard InChI is InChI=1S/C15H21N5OS/c1-21-14-10-13(17-15(16)18-14)20-6-3-5-19(7-8-20)11-12-4-2-9-22-12/h2,4,9-10H,3,5-8,11H2,1H3,(H2,16,17,18). The third-order valence-corrected chi connectivity index (χ3v) is 4.65. The Bertz CT molecular complexity index is 604. The van der Waals surface area contributed by atoms with E-state index in [1.807, 2.05) is 17.4 Å². The van der Waals surface area contributed by atoms with E-state index in [0.29, 0.717) is 5.88 Å². The number of anilines is 2. The molecule has 0 bridgehead atoms. The highest BCUT2D eigenvalue weighted by Gasteiger charge is 2.17. The molecule has 0 amide bonds. The molecule has 1 saturated heterocycles. The SMILES string of the molecule is COc1cc(N2CCCN(Cc3cccs3)CC2)nc(N)n1. The Hall–Kier alpha value is -1.86. The number of methoxy groups -OCH3 is 1. The Balaban J connectivity index is 1.66. The summed E-state index contributed by atoms with van der Waals surface area (Å²) in [6, 6.07) is 6.16. The summed E-state index contributed by atoms with van der Waals surface area (Å²) in [6.45, 7) is 5.06. The van der Waals surface area contributed by atoms with Gasteiger partial charge in [0, 0.05) is 43.7 Å². The molecule has 0 aromatic carbocycles. The average Bonchev–Trinajstić information content (AvgIpc) is 2.91. The molecule has 0 radical (unpaired) electrons. The first-order valence-electron chi connectivity index (χ1n) is 7.43. The maximum atomic E-state index is 5.76. The van der Waals surface area contributed by atoms with Gasteiger partial charge in [0.2, 0.25) is 11.8 Å². The van der Waals surface area contributed by atoms with Crippen molar-refractivity contribution < 1.29 is 4.74 Å². The lowest BCUT2D eigenvalue weighted by Gasteiger charge is -2.22. The molecule has 0 atom stereocenters. The van der Waals surface area contributed by atoms with Crippen molar-refractivity contribution in [3.8, 4) is 5.88 Å². The number of hydrogen-bond acceptors (Lipinski definition) is 7. The van der Waals surface area contributed by atoms with Crippen LogP contribution in [0.3, 0.4) is 0 Å². The Kier molecular flexibility index (Phi) is 4.74. The zero-order valence-electron chi connectivity index (χ0n) is 12.7. The van der Waals surface area contributed by atoms with Gasteiger partial charge < -0.3 is 15.4 Å². The summed E-state index contributed by atoms with van der Waals surface area (Å²) in [4.78, 5) is 14.6. The number of hydrogen-bond donors (Lipinski definition) is 1. The Morgan fingerprint density at radius 3 is 2.95 bits per heavy atom. The van der Waals surface area contributed by atoms with Gasteiger partial charge in [-0.2, -0.15) is 9.97 Å². The molecule has 0 aliphatic carbocycles. The minimum atomic E-state index is 0.258. The van der Waals surface area contributed by atoms with Crippen molar-refractivity contribution in [1.82, 2.24) is 14.9 Å². The Morgan fingerprint density at radius 1 is 1.27 bits per heavy atom. The van der Waals surface area contributed by atoms with Gasteiger partial charge in [0.1, 0.15) is 5.82 Å². The molecule has 1 fully saturated rings. The number of nitrogen functional groups attached to an aromatic ring is 1. The maximum absolute atomic E-state index is 5.76. The summed E-state index contributed by atoms with van der Waals surface area (Å²) in [5.74, 6) is 1.62. The zero-order chi connectivity index (χ0) is 15.4. The monoisotopic (exact) mass is 319 g/mol. The van der Waals surface area contributed by atoms with Crippen molar-refractivity contribution in [1.29, 1.82) is 0 Å². The van der Waals surface area contributed by atoms with E-state index in [0.717, 1.165) is 45.0 Å². The van der Waals surface area contributed by atoms with Gasteiger partial charge in [-0.05, 0) is 17.9 Å². The summed E-state index contributed by atoms with van der Waals surface area (Å²) < 4.78 is 5.18. The molecule has 3 rings (SSSR count). The highest BCUT2D eigenvalue weighted by Crippen LogP contribution is 2.20. The molecular weight excluding hydrogens is 298 g/mol. The number of nitrogens with two attached hydrogens (primary N) is 1. The van der Waals surface area contributed by atoms with E-state index in [4.69, 9.17) is 10.5 Å². The largest absolute Gasteiger partial charge is 0.481 e. The van der Waals surface area contributed by atoms with Crippen molar-refractivity contribution in [2.45, 2.75) is 13.0 Å². The van der Waals surface area contributed by atoms with Crippen LogP contribution in [0.5, 0.6) is 5.88 Å². The van der Waals surface area contributed by atoms with Crippen molar-refractivity contribution in [2.24, 2.45) is 0 Å². The first-order valence-corrected chi connectivity index (χ1v) is 8.31. The lowest BCUT2D eigenvalue weighted by atomic mass is 10.3. The van der Waals surface area contributed by atoms with Gasteiger partial charge in [0.25, 0.3) is 0 Å². The van der Waals surface area contributed by atoms with Crippen LogP contribution in [0.2, 0.25) is 0 Å². The first-order chi connectivity index (χ1) is 10.7. The van der Waals surface area contributed by atoms with E-state index in [-0.39, 0.29) is 5.95 Å². The van der Waals surface area contributed by atoms with E-state index in [1.165, 1.54) is 4.88 Å². The molecule has 3 heterocycles. The van der Waals surface area contributed by atoms with Crippen LogP contribution in [-0.4, -0.2) is 48.2 Å². The average molecular weight is 319 g/mol. The van der Waals surface area contributed by atoms with Crippen LogP contribution < -0.4 is 15.4 Å². The van der Waals surface area contributed by atoms with Crippen LogP contribution in [0.25, 0.3) is 0 Å². The van der Waals surface area contributed by atoms with Crippen LogP contribution in [0.4, 0.5) is 11.8 Å². The molecule has 7 heteroatoms. The molecule has 2 N–H and O–H groups in total. The first kappa shape index (κ1) is 15.1. The molecule has 1 aliphatic heterocycles. The molecule has 6 nitrogen and oxygen atoms in total. The molecule has 2 aromatic rings. The van der Waals surface area contributed by atoms with E-state index in [2.05, 4.69) is 37.3 Å². The normalized spacial score (nSPS) is 16.5. The fraction of sp³-hybridized carbons (Fsp3) is 0.467. The number of aromatic nitrogens is 2. The summed E-state index contributed by atoms with van der Waals surface area (Å²) in [5.41, 5.74) is 5.76. The van der Waals surface area contributed by atoms with Crippen molar-refractivity contribution in [3.63, 3.8) is 0 Å². The van der Waals surface area contributed by atoms with Crippen LogP contribution in [-0.2, 0) is 6.54 Å². The third-order valence-electron chi connectivity index (χ3n) is 3.79. The highest BCUT2D eigenvalue weighted by molar-refractivity contribution is 7.09. The van der Waals surface area contributed by atoms with Crippen molar-refractivity contribution in [2.75, 3.05) is 43.9 Å². The smallest absolute Gasteiger partial charge is 0.225 e. The predicted molar refractivity (Wildman–Crippen MR) is 89.4 cm³/mol. The fourth-order valence-corrected chi connectivity index (χ4v) is 3.42. The number of thiophene rings is 1.